The third kappa shape index (κ3) is 2.62. The van der Waals surface area contributed by atoms with E-state index in [0.29, 0.717) is 5.92 Å². The number of carboxylic acids is 1. The Hall–Kier alpha value is -1.46. The molecule has 1 saturated carbocycles. The van der Waals surface area contributed by atoms with Crippen molar-refractivity contribution in [3.05, 3.63) is 5.82 Å². The van der Waals surface area contributed by atoms with Gasteiger partial charge >= 0.3 is 5.97 Å². The second kappa shape index (κ2) is 4.81. The maximum absolute atomic E-state index is 10.9. The lowest BCUT2D eigenvalue weighted by atomic mass is 10.1. The van der Waals surface area contributed by atoms with E-state index in [1.165, 1.54) is 0 Å². The number of carbonyl (C=O) groups is 1. The lowest BCUT2D eigenvalue weighted by molar-refractivity contribution is -0.138. The molecule has 0 saturated heterocycles. The fourth-order valence-electron chi connectivity index (χ4n) is 2.06. The molecule has 17 heavy (non-hydrogen) atoms. The molecule has 2 atom stereocenters. The number of aromatic nitrogens is 4. The molecule has 1 aliphatic rings. The lowest BCUT2D eigenvalue weighted by Gasteiger charge is -2.17. The van der Waals surface area contributed by atoms with E-state index in [-0.39, 0.29) is 18.4 Å². The molecule has 6 heteroatoms. The average molecular weight is 238 g/mol. The molecule has 6 nitrogen and oxygen atoms in total. The summed E-state index contributed by atoms with van der Waals surface area (Å²) in [5.41, 5.74) is 0. The Labute approximate surface area is 100 Å². The van der Waals surface area contributed by atoms with Crippen LogP contribution < -0.4 is 0 Å². The first kappa shape index (κ1) is 12.0. The van der Waals surface area contributed by atoms with Gasteiger partial charge in [0.2, 0.25) is 0 Å². The summed E-state index contributed by atoms with van der Waals surface area (Å²) in [5, 5.41) is 20.7. The van der Waals surface area contributed by atoms with Crippen LogP contribution >= 0.6 is 0 Å². The van der Waals surface area contributed by atoms with Crippen LogP contribution in [-0.2, 0) is 4.79 Å². The molecule has 0 aromatic carbocycles. The highest BCUT2D eigenvalue weighted by molar-refractivity contribution is 5.67. The van der Waals surface area contributed by atoms with Crippen LogP contribution in [0.15, 0.2) is 0 Å². The van der Waals surface area contributed by atoms with Crippen molar-refractivity contribution in [3.8, 4) is 0 Å². The zero-order chi connectivity index (χ0) is 12.4. The smallest absolute Gasteiger partial charge is 0.305 e. The first-order valence-electron chi connectivity index (χ1n) is 6.13. The van der Waals surface area contributed by atoms with E-state index in [1.807, 2.05) is 0 Å². The second-order valence-corrected chi connectivity index (χ2v) is 4.79. The molecule has 94 valence electrons. The van der Waals surface area contributed by atoms with Crippen molar-refractivity contribution in [2.45, 2.75) is 51.5 Å². The molecule has 1 fully saturated rings. The van der Waals surface area contributed by atoms with Crippen LogP contribution in [0.1, 0.15) is 57.3 Å². The van der Waals surface area contributed by atoms with Crippen molar-refractivity contribution in [1.82, 2.24) is 20.2 Å². The topological polar surface area (TPSA) is 80.9 Å². The summed E-state index contributed by atoms with van der Waals surface area (Å²) in [5.74, 6) is 0.718. The summed E-state index contributed by atoms with van der Waals surface area (Å²) in [6.45, 7) is 4.14. The van der Waals surface area contributed by atoms with Gasteiger partial charge in [0.1, 0.15) is 0 Å². The summed E-state index contributed by atoms with van der Waals surface area (Å²) in [7, 11) is 0. The summed E-state index contributed by atoms with van der Waals surface area (Å²) in [6.07, 6.45) is 3.22. The van der Waals surface area contributed by atoms with Crippen LogP contribution in [0, 0.1) is 5.92 Å². The SMILES string of the molecule is CCC(C)c1nnnn1C(CC(=O)O)C1CC1. The summed E-state index contributed by atoms with van der Waals surface area (Å²) in [6, 6.07) is -0.0773. The largest absolute Gasteiger partial charge is 0.481 e. The highest BCUT2D eigenvalue weighted by Crippen LogP contribution is 2.42. The number of nitrogens with zero attached hydrogens (tertiary/aromatic N) is 4. The van der Waals surface area contributed by atoms with E-state index in [2.05, 4.69) is 29.4 Å². The Kier molecular flexibility index (Phi) is 3.40. The van der Waals surface area contributed by atoms with Gasteiger partial charge in [0.25, 0.3) is 0 Å². The van der Waals surface area contributed by atoms with E-state index in [1.54, 1.807) is 4.68 Å². The predicted molar refractivity (Wildman–Crippen MR) is 60.5 cm³/mol. The van der Waals surface area contributed by atoms with Gasteiger partial charge in [0, 0.05) is 5.92 Å². The zero-order valence-electron chi connectivity index (χ0n) is 10.2. The van der Waals surface area contributed by atoms with Crippen LogP contribution in [0.25, 0.3) is 0 Å². The Morgan fingerprint density at radius 3 is 2.82 bits per heavy atom. The van der Waals surface area contributed by atoms with Gasteiger partial charge < -0.3 is 5.11 Å². The molecule has 2 unspecified atom stereocenters. The van der Waals surface area contributed by atoms with Crippen molar-refractivity contribution in [3.63, 3.8) is 0 Å². The molecule has 2 rings (SSSR count). The first-order valence-corrected chi connectivity index (χ1v) is 6.13. The molecule has 0 aliphatic heterocycles. The molecule has 1 heterocycles. The van der Waals surface area contributed by atoms with Crippen molar-refractivity contribution >= 4 is 5.97 Å². The number of tetrazole rings is 1. The maximum Gasteiger partial charge on any atom is 0.305 e. The Morgan fingerprint density at radius 2 is 2.29 bits per heavy atom. The normalized spacial score (nSPS) is 18.9. The van der Waals surface area contributed by atoms with Crippen molar-refractivity contribution in [1.29, 1.82) is 0 Å². The second-order valence-electron chi connectivity index (χ2n) is 4.79. The third-order valence-electron chi connectivity index (χ3n) is 3.44. The molecule has 0 amide bonds. The van der Waals surface area contributed by atoms with Crippen molar-refractivity contribution in [2.75, 3.05) is 0 Å². The molecular formula is C11H18N4O2. The van der Waals surface area contributed by atoms with Gasteiger partial charge in [-0.15, -0.1) is 5.10 Å². The number of aliphatic carboxylic acids is 1. The minimum absolute atomic E-state index is 0.0773. The minimum Gasteiger partial charge on any atom is -0.481 e. The van der Waals surface area contributed by atoms with Gasteiger partial charge in [-0.2, -0.15) is 0 Å². The van der Waals surface area contributed by atoms with E-state index in [9.17, 15) is 4.79 Å². The quantitative estimate of drug-likeness (QED) is 0.814. The highest BCUT2D eigenvalue weighted by atomic mass is 16.4. The van der Waals surface area contributed by atoms with E-state index in [4.69, 9.17) is 5.11 Å². The van der Waals surface area contributed by atoms with E-state index >= 15 is 0 Å². The van der Waals surface area contributed by atoms with Gasteiger partial charge in [-0.1, -0.05) is 13.8 Å². The minimum atomic E-state index is -0.785. The zero-order valence-corrected chi connectivity index (χ0v) is 10.2. The van der Waals surface area contributed by atoms with E-state index < -0.39 is 5.97 Å². The number of carboxylic acid groups (broad SMARTS) is 1. The standard InChI is InChI=1S/C11H18N4O2/c1-3-7(2)11-12-13-14-15(11)9(6-10(16)17)8-4-5-8/h7-9H,3-6H2,1-2H3,(H,16,17). The van der Waals surface area contributed by atoms with Crippen LogP contribution in [0.4, 0.5) is 0 Å². The molecule has 1 aromatic heterocycles. The van der Waals surface area contributed by atoms with Crippen LogP contribution in [0.2, 0.25) is 0 Å². The summed E-state index contributed by atoms with van der Waals surface area (Å²) in [4.78, 5) is 10.9. The molecular weight excluding hydrogens is 220 g/mol. The fraction of sp³-hybridized carbons (Fsp3) is 0.818. The number of hydrogen-bond acceptors (Lipinski definition) is 4. The average Bonchev–Trinajstić information content (AvgIpc) is 3.02. The Bertz CT molecular complexity index is 400. The predicted octanol–water partition coefficient (Wildman–Crippen LogP) is 1.61. The van der Waals surface area contributed by atoms with Gasteiger partial charge in [0.15, 0.2) is 5.82 Å². The van der Waals surface area contributed by atoms with E-state index in [0.717, 1.165) is 25.1 Å². The first-order chi connectivity index (χ1) is 8.13. The monoisotopic (exact) mass is 238 g/mol. The fourth-order valence-corrected chi connectivity index (χ4v) is 2.06. The lowest BCUT2D eigenvalue weighted by Crippen LogP contribution is -2.20. The molecule has 0 radical (unpaired) electrons. The maximum atomic E-state index is 10.9. The van der Waals surface area contributed by atoms with Crippen LogP contribution in [0.5, 0.6) is 0 Å². The summed E-state index contributed by atoms with van der Waals surface area (Å²) >= 11 is 0. The van der Waals surface area contributed by atoms with Crippen molar-refractivity contribution in [2.24, 2.45) is 5.92 Å². The van der Waals surface area contributed by atoms with Crippen molar-refractivity contribution < 1.29 is 9.90 Å². The van der Waals surface area contributed by atoms with Gasteiger partial charge in [-0.05, 0) is 35.6 Å². The van der Waals surface area contributed by atoms with Gasteiger partial charge in [0.05, 0.1) is 12.5 Å². The Balaban J connectivity index is 2.23. The number of hydrogen-bond donors (Lipinski definition) is 1. The number of rotatable bonds is 6. The van der Waals surface area contributed by atoms with Crippen LogP contribution in [-0.4, -0.2) is 31.3 Å². The molecule has 0 bridgehead atoms. The van der Waals surface area contributed by atoms with Crippen LogP contribution in [0.3, 0.4) is 0 Å². The van der Waals surface area contributed by atoms with Gasteiger partial charge in [-0.25, -0.2) is 4.68 Å². The Morgan fingerprint density at radius 1 is 1.59 bits per heavy atom. The molecule has 1 N–H and O–H groups in total. The highest BCUT2D eigenvalue weighted by Gasteiger charge is 2.36. The third-order valence-corrected chi connectivity index (χ3v) is 3.44. The molecule has 1 aromatic rings. The molecule has 1 aliphatic carbocycles. The summed E-state index contributed by atoms with van der Waals surface area (Å²) < 4.78 is 1.74. The van der Waals surface area contributed by atoms with Gasteiger partial charge in [-0.3, -0.25) is 4.79 Å². The molecule has 0 spiro atoms.